The summed E-state index contributed by atoms with van der Waals surface area (Å²) in [4.78, 5) is 17.1. The predicted octanol–water partition coefficient (Wildman–Crippen LogP) is 2.47. The number of para-hydroxylation sites is 1. The minimum Gasteiger partial charge on any atom is -0.379 e. The van der Waals surface area contributed by atoms with E-state index < -0.39 is 0 Å². The van der Waals surface area contributed by atoms with E-state index in [9.17, 15) is 4.79 Å². The molecule has 1 unspecified atom stereocenters. The van der Waals surface area contributed by atoms with Crippen molar-refractivity contribution in [3.8, 4) is 0 Å². The molecule has 1 aromatic carbocycles. The van der Waals surface area contributed by atoms with Crippen molar-refractivity contribution >= 4 is 28.6 Å². The lowest BCUT2D eigenvalue weighted by Crippen LogP contribution is -2.45. The van der Waals surface area contributed by atoms with Gasteiger partial charge < -0.3 is 14.2 Å². The van der Waals surface area contributed by atoms with Gasteiger partial charge in [-0.1, -0.05) is 18.2 Å². The quantitative estimate of drug-likeness (QED) is 0.841. The van der Waals surface area contributed by atoms with Crippen molar-refractivity contribution in [3.05, 3.63) is 36.0 Å². The summed E-state index contributed by atoms with van der Waals surface area (Å²) in [5.41, 5.74) is 2.49. The van der Waals surface area contributed by atoms with Crippen LogP contribution in [0.4, 0.5) is 0 Å². The van der Waals surface area contributed by atoms with E-state index in [1.807, 2.05) is 11.8 Å². The average Bonchev–Trinajstić information content (AvgIpc) is 2.98. The number of hydrogen-bond donors (Lipinski definition) is 0. The third-order valence-corrected chi connectivity index (χ3v) is 6.41. The third kappa shape index (κ3) is 3.43. The Balaban J connectivity index is 1.57. The summed E-state index contributed by atoms with van der Waals surface area (Å²) in [5, 5.41) is 1.38. The van der Waals surface area contributed by atoms with E-state index in [4.69, 9.17) is 4.74 Å². The first kappa shape index (κ1) is 16.9. The Kier molecular flexibility index (Phi) is 5.01. The molecule has 5 nitrogen and oxygen atoms in total. The van der Waals surface area contributed by atoms with Crippen LogP contribution in [0.1, 0.15) is 17.4 Å². The van der Waals surface area contributed by atoms with E-state index in [1.165, 1.54) is 16.5 Å². The molecule has 0 N–H and O–H groups in total. The van der Waals surface area contributed by atoms with Gasteiger partial charge in [-0.2, -0.15) is 0 Å². The zero-order valence-corrected chi connectivity index (χ0v) is 15.5. The van der Waals surface area contributed by atoms with Crippen LogP contribution in [-0.2, 0) is 16.6 Å². The van der Waals surface area contributed by atoms with Crippen LogP contribution in [0.15, 0.2) is 30.5 Å². The molecule has 2 aromatic rings. The Labute approximate surface area is 152 Å². The van der Waals surface area contributed by atoms with Gasteiger partial charge in [0, 0.05) is 68.1 Å². The molecule has 1 atom stereocenters. The molecule has 2 aliphatic heterocycles. The van der Waals surface area contributed by atoms with E-state index in [2.05, 4.69) is 51.9 Å². The number of ether oxygens (including phenoxy) is 1. The number of benzene rings is 1. The van der Waals surface area contributed by atoms with E-state index in [1.54, 1.807) is 0 Å². The zero-order chi connectivity index (χ0) is 17.2. The number of aromatic nitrogens is 1. The molecule has 3 heterocycles. The molecule has 6 heteroatoms. The fourth-order valence-corrected chi connectivity index (χ4v) is 5.05. The highest BCUT2D eigenvalue weighted by molar-refractivity contribution is 7.99. The van der Waals surface area contributed by atoms with Crippen LogP contribution < -0.4 is 0 Å². The van der Waals surface area contributed by atoms with Gasteiger partial charge in [0.2, 0.25) is 5.91 Å². The fourth-order valence-electron chi connectivity index (χ4n) is 3.77. The summed E-state index contributed by atoms with van der Waals surface area (Å²) in [6, 6.07) is 8.47. The molecule has 134 valence electrons. The second-order valence-electron chi connectivity index (χ2n) is 6.73. The van der Waals surface area contributed by atoms with Crippen LogP contribution in [0.5, 0.6) is 0 Å². The lowest BCUT2D eigenvalue weighted by Gasteiger charge is -2.37. The third-order valence-electron chi connectivity index (χ3n) is 5.15. The van der Waals surface area contributed by atoms with Gasteiger partial charge in [-0.3, -0.25) is 9.69 Å². The standard InChI is InChI=1S/C19H25N3O2S/c1-20-14-16(15-4-2-3-5-17(15)20)19-22(18(23)6-13-25-19)8-7-21-9-11-24-12-10-21/h2-5,14,19H,6-13H2,1H3. The molecule has 1 amide bonds. The number of carbonyl (C=O) groups is 1. The van der Waals surface area contributed by atoms with Crippen LogP contribution in [0.25, 0.3) is 10.9 Å². The molecule has 1 aromatic heterocycles. The molecule has 0 spiro atoms. The molecular formula is C19H25N3O2S. The highest BCUT2D eigenvalue weighted by Crippen LogP contribution is 2.40. The summed E-state index contributed by atoms with van der Waals surface area (Å²) in [7, 11) is 2.08. The van der Waals surface area contributed by atoms with Gasteiger partial charge in [0.05, 0.1) is 13.2 Å². The topological polar surface area (TPSA) is 37.7 Å². The highest BCUT2D eigenvalue weighted by Gasteiger charge is 2.32. The van der Waals surface area contributed by atoms with E-state index in [0.717, 1.165) is 45.1 Å². The van der Waals surface area contributed by atoms with Gasteiger partial charge in [-0.25, -0.2) is 0 Å². The highest BCUT2D eigenvalue weighted by atomic mass is 32.2. The maximum atomic E-state index is 12.7. The fraction of sp³-hybridized carbons (Fsp3) is 0.526. The summed E-state index contributed by atoms with van der Waals surface area (Å²) < 4.78 is 7.60. The number of nitrogens with zero attached hydrogens (tertiary/aromatic N) is 3. The number of carbonyl (C=O) groups excluding carboxylic acids is 1. The predicted molar refractivity (Wildman–Crippen MR) is 102 cm³/mol. The van der Waals surface area contributed by atoms with Crippen molar-refractivity contribution < 1.29 is 9.53 Å². The molecule has 2 fully saturated rings. The van der Waals surface area contributed by atoms with Gasteiger partial charge >= 0.3 is 0 Å². The Morgan fingerprint density at radius 1 is 1.20 bits per heavy atom. The first-order valence-corrected chi connectivity index (χ1v) is 10.0. The van der Waals surface area contributed by atoms with Crippen molar-refractivity contribution in [1.29, 1.82) is 0 Å². The maximum absolute atomic E-state index is 12.7. The van der Waals surface area contributed by atoms with Crippen LogP contribution >= 0.6 is 11.8 Å². The summed E-state index contributed by atoms with van der Waals surface area (Å²) in [6.07, 6.45) is 2.84. The largest absolute Gasteiger partial charge is 0.379 e. The van der Waals surface area contributed by atoms with E-state index >= 15 is 0 Å². The number of fused-ring (bicyclic) bond motifs is 1. The Morgan fingerprint density at radius 2 is 2.00 bits per heavy atom. The number of amides is 1. The van der Waals surface area contributed by atoms with E-state index in [-0.39, 0.29) is 11.3 Å². The normalized spacial score (nSPS) is 22.7. The van der Waals surface area contributed by atoms with E-state index in [0.29, 0.717) is 6.42 Å². The minimum absolute atomic E-state index is 0.119. The smallest absolute Gasteiger partial charge is 0.224 e. The van der Waals surface area contributed by atoms with Crippen LogP contribution in [0.2, 0.25) is 0 Å². The Bertz CT molecular complexity index is 754. The van der Waals surface area contributed by atoms with Gasteiger partial charge in [-0.05, 0) is 6.07 Å². The molecule has 2 aliphatic rings. The molecule has 0 saturated carbocycles. The Hall–Kier alpha value is -1.50. The Morgan fingerprint density at radius 3 is 2.84 bits per heavy atom. The summed E-state index contributed by atoms with van der Waals surface area (Å²) >= 11 is 1.89. The second kappa shape index (κ2) is 7.40. The van der Waals surface area contributed by atoms with Gasteiger partial charge in [0.15, 0.2) is 0 Å². The second-order valence-corrected chi connectivity index (χ2v) is 7.91. The number of aryl methyl sites for hydroxylation is 1. The molecule has 0 bridgehead atoms. The maximum Gasteiger partial charge on any atom is 0.224 e. The minimum atomic E-state index is 0.119. The average molecular weight is 359 g/mol. The first-order valence-electron chi connectivity index (χ1n) is 8.99. The van der Waals surface area contributed by atoms with Gasteiger partial charge in [-0.15, -0.1) is 11.8 Å². The monoisotopic (exact) mass is 359 g/mol. The zero-order valence-electron chi connectivity index (χ0n) is 14.7. The summed E-state index contributed by atoms with van der Waals surface area (Å²) in [5.74, 6) is 1.19. The molecule has 25 heavy (non-hydrogen) atoms. The lowest BCUT2D eigenvalue weighted by atomic mass is 10.1. The van der Waals surface area contributed by atoms with Crippen LogP contribution in [0, 0.1) is 0 Å². The lowest BCUT2D eigenvalue weighted by molar-refractivity contribution is -0.132. The number of hydrogen-bond acceptors (Lipinski definition) is 4. The molecule has 2 saturated heterocycles. The van der Waals surface area contributed by atoms with Crippen molar-refractivity contribution in [2.45, 2.75) is 11.8 Å². The number of thioether (sulfide) groups is 1. The van der Waals surface area contributed by atoms with Crippen LogP contribution in [0.3, 0.4) is 0 Å². The SMILES string of the molecule is Cn1cc(C2SCCC(=O)N2CCN2CCOCC2)c2ccccc21. The van der Waals surface area contributed by atoms with Crippen molar-refractivity contribution in [2.75, 3.05) is 45.1 Å². The summed E-state index contributed by atoms with van der Waals surface area (Å²) in [6.45, 7) is 5.25. The molecule has 4 rings (SSSR count). The van der Waals surface area contributed by atoms with Crippen molar-refractivity contribution in [2.24, 2.45) is 7.05 Å². The molecule has 0 aliphatic carbocycles. The number of morpholine rings is 1. The van der Waals surface area contributed by atoms with Crippen LogP contribution in [-0.4, -0.2) is 65.4 Å². The van der Waals surface area contributed by atoms with Gasteiger partial charge in [0.1, 0.15) is 5.37 Å². The van der Waals surface area contributed by atoms with Crippen molar-refractivity contribution in [1.82, 2.24) is 14.4 Å². The van der Waals surface area contributed by atoms with Crippen molar-refractivity contribution in [3.63, 3.8) is 0 Å². The van der Waals surface area contributed by atoms with Gasteiger partial charge in [0.25, 0.3) is 0 Å². The molecular weight excluding hydrogens is 334 g/mol. The molecule has 0 radical (unpaired) electrons. The number of rotatable bonds is 4. The first-order chi connectivity index (χ1) is 12.2.